The Kier molecular flexibility index (Phi) is 3.33. The zero-order valence-electron chi connectivity index (χ0n) is 7.83. The summed E-state index contributed by atoms with van der Waals surface area (Å²) in [5.74, 6) is 0. The molecule has 0 unspecified atom stereocenters. The Morgan fingerprint density at radius 2 is 2.23 bits per heavy atom. The van der Waals surface area contributed by atoms with E-state index < -0.39 is 0 Å². The topological polar surface area (TPSA) is 24.9 Å². The highest BCUT2D eigenvalue weighted by atomic mass is 32.1. The molecule has 3 heteroatoms. The van der Waals surface area contributed by atoms with Gasteiger partial charge in [-0.2, -0.15) is 0 Å². The fourth-order valence-corrected chi connectivity index (χ4v) is 2.44. The lowest BCUT2D eigenvalue weighted by molar-refractivity contribution is 0.371. The highest BCUT2D eigenvalue weighted by Gasteiger charge is 2.12. The van der Waals surface area contributed by atoms with Crippen molar-refractivity contribution in [2.45, 2.75) is 44.7 Å². The molecule has 1 aliphatic rings. The van der Waals surface area contributed by atoms with Crippen LogP contribution in [0.5, 0.6) is 0 Å². The molecule has 0 radical (unpaired) electrons. The lowest BCUT2D eigenvalue weighted by Crippen LogP contribution is -2.30. The Bertz CT molecular complexity index is 227. The first kappa shape index (κ1) is 9.16. The molecule has 0 spiro atoms. The molecule has 72 valence electrons. The summed E-state index contributed by atoms with van der Waals surface area (Å²) >= 11 is 1.68. The van der Waals surface area contributed by atoms with Crippen LogP contribution in [-0.2, 0) is 6.54 Å². The summed E-state index contributed by atoms with van der Waals surface area (Å²) in [5.41, 5.74) is 3.09. The Hall–Kier alpha value is -0.410. The minimum Gasteiger partial charge on any atom is -0.308 e. The highest BCUT2D eigenvalue weighted by Crippen LogP contribution is 2.17. The average molecular weight is 196 g/mol. The van der Waals surface area contributed by atoms with E-state index in [0.29, 0.717) is 0 Å². The van der Waals surface area contributed by atoms with Crippen molar-refractivity contribution >= 4 is 11.3 Å². The number of thiazole rings is 1. The summed E-state index contributed by atoms with van der Waals surface area (Å²) in [5, 5.41) is 5.69. The second-order valence-corrected chi connectivity index (χ2v) is 4.41. The van der Waals surface area contributed by atoms with Crippen LogP contribution in [0.2, 0.25) is 0 Å². The predicted octanol–water partition coefficient (Wildman–Crippen LogP) is 2.57. The molecule has 0 amide bonds. The molecule has 0 aliphatic heterocycles. The van der Waals surface area contributed by atoms with E-state index in [1.807, 2.05) is 5.51 Å². The zero-order valence-corrected chi connectivity index (χ0v) is 8.65. The normalized spacial score (nSPS) is 19.1. The molecule has 0 aromatic carbocycles. The minimum absolute atomic E-state index is 0.746. The van der Waals surface area contributed by atoms with Crippen molar-refractivity contribution in [3.05, 3.63) is 16.6 Å². The largest absolute Gasteiger partial charge is 0.308 e. The third-order valence-corrected chi connectivity index (χ3v) is 3.30. The lowest BCUT2D eigenvalue weighted by Gasteiger charge is -2.22. The summed E-state index contributed by atoms with van der Waals surface area (Å²) in [6, 6.07) is 0.746. The summed E-state index contributed by atoms with van der Waals surface area (Å²) in [7, 11) is 0. The summed E-state index contributed by atoms with van der Waals surface area (Å²) in [6.45, 7) is 0.953. The van der Waals surface area contributed by atoms with Gasteiger partial charge in [-0.1, -0.05) is 19.3 Å². The van der Waals surface area contributed by atoms with Gasteiger partial charge in [0.05, 0.1) is 11.2 Å². The average Bonchev–Trinajstić information content (AvgIpc) is 2.69. The van der Waals surface area contributed by atoms with Crippen LogP contribution in [0.1, 0.15) is 37.8 Å². The van der Waals surface area contributed by atoms with E-state index in [1.54, 1.807) is 11.3 Å². The number of rotatable bonds is 3. The molecule has 2 nitrogen and oxygen atoms in total. The van der Waals surface area contributed by atoms with Crippen LogP contribution in [0.4, 0.5) is 0 Å². The van der Waals surface area contributed by atoms with E-state index >= 15 is 0 Å². The summed E-state index contributed by atoms with van der Waals surface area (Å²) in [6.07, 6.45) is 6.92. The van der Waals surface area contributed by atoms with Crippen molar-refractivity contribution < 1.29 is 0 Å². The van der Waals surface area contributed by atoms with Gasteiger partial charge in [0, 0.05) is 18.0 Å². The molecule has 1 fully saturated rings. The third kappa shape index (κ3) is 2.78. The molecule has 1 N–H and O–H groups in total. The third-order valence-electron chi connectivity index (χ3n) is 2.66. The van der Waals surface area contributed by atoms with Gasteiger partial charge < -0.3 is 5.32 Å². The number of hydrogen-bond acceptors (Lipinski definition) is 3. The Morgan fingerprint density at radius 1 is 1.38 bits per heavy atom. The Balaban J connectivity index is 1.72. The van der Waals surface area contributed by atoms with Gasteiger partial charge in [0.2, 0.25) is 0 Å². The minimum atomic E-state index is 0.746. The number of hydrogen-bond donors (Lipinski definition) is 1. The SMILES string of the molecule is c1nc(CNC2CCCCC2)cs1. The van der Waals surface area contributed by atoms with Gasteiger partial charge in [0.25, 0.3) is 0 Å². The van der Waals surface area contributed by atoms with Crippen molar-refractivity contribution in [2.75, 3.05) is 0 Å². The van der Waals surface area contributed by atoms with Crippen LogP contribution in [0, 0.1) is 0 Å². The van der Waals surface area contributed by atoms with Crippen LogP contribution < -0.4 is 5.32 Å². The number of nitrogens with one attached hydrogen (secondary N) is 1. The van der Waals surface area contributed by atoms with Gasteiger partial charge in [-0.05, 0) is 12.8 Å². The first-order valence-corrected chi connectivity index (χ1v) is 6.00. The van der Waals surface area contributed by atoms with Crippen molar-refractivity contribution in [3.8, 4) is 0 Å². The van der Waals surface area contributed by atoms with E-state index in [0.717, 1.165) is 12.6 Å². The van der Waals surface area contributed by atoms with E-state index in [9.17, 15) is 0 Å². The van der Waals surface area contributed by atoms with E-state index in [4.69, 9.17) is 0 Å². The molecule has 13 heavy (non-hydrogen) atoms. The first-order valence-electron chi connectivity index (χ1n) is 5.05. The second-order valence-electron chi connectivity index (χ2n) is 3.70. The molecule has 1 aromatic heterocycles. The summed E-state index contributed by atoms with van der Waals surface area (Å²) in [4.78, 5) is 4.26. The van der Waals surface area contributed by atoms with Gasteiger partial charge in [-0.3, -0.25) is 0 Å². The van der Waals surface area contributed by atoms with Crippen molar-refractivity contribution in [1.29, 1.82) is 0 Å². The molecular weight excluding hydrogens is 180 g/mol. The molecule has 0 saturated heterocycles. The number of nitrogens with zero attached hydrogens (tertiary/aromatic N) is 1. The first-order chi connectivity index (χ1) is 6.45. The van der Waals surface area contributed by atoms with E-state index in [2.05, 4.69) is 15.7 Å². The maximum Gasteiger partial charge on any atom is 0.0795 e. The summed E-state index contributed by atoms with van der Waals surface area (Å²) < 4.78 is 0. The van der Waals surface area contributed by atoms with Crippen LogP contribution in [0.25, 0.3) is 0 Å². The maximum absolute atomic E-state index is 4.26. The predicted molar refractivity (Wildman–Crippen MR) is 55.8 cm³/mol. The maximum atomic E-state index is 4.26. The van der Waals surface area contributed by atoms with Gasteiger partial charge in [0.15, 0.2) is 0 Å². The van der Waals surface area contributed by atoms with Crippen LogP contribution in [0.15, 0.2) is 10.9 Å². The van der Waals surface area contributed by atoms with Crippen molar-refractivity contribution in [2.24, 2.45) is 0 Å². The smallest absolute Gasteiger partial charge is 0.0795 e. The molecule has 0 bridgehead atoms. The fraction of sp³-hybridized carbons (Fsp3) is 0.700. The molecule has 1 saturated carbocycles. The van der Waals surface area contributed by atoms with Crippen LogP contribution in [0.3, 0.4) is 0 Å². The fourth-order valence-electron chi connectivity index (χ4n) is 1.88. The molecule has 1 heterocycles. The standard InChI is InChI=1S/C10H16N2S/c1-2-4-9(5-3-1)11-6-10-7-13-8-12-10/h7-9,11H,1-6H2. The highest BCUT2D eigenvalue weighted by molar-refractivity contribution is 7.07. The van der Waals surface area contributed by atoms with Gasteiger partial charge >= 0.3 is 0 Å². The Morgan fingerprint density at radius 3 is 2.92 bits per heavy atom. The zero-order chi connectivity index (χ0) is 8.93. The molecule has 1 aliphatic carbocycles. The Labute approximate surface area is 83.4 Å². The van der Waals surface area contributed by atoms with Gasteiger partial charge in [-0.25, -0.2) is 4.98 Å². The van der Waals surface area contributed by atoms with Crippen molar-refractivity contribution in [3.63, 3.8) is 0 Å². The van der Waals surface area contributed by atoms with Crippen LogP contribution in [-0.4, -0.2) is 11.0 Å². The quantitative estimate of drug-likeness (QED) is 0.803. The van der Waals surface area contributed by atoms with Crippen LogP contribution >= 0.6 is 11.3 Å². The second kappa shape index (κ2) is 4.72. The molecule has 0 atom stereocenters. The lowest BCUT2D eigenvalue weighted by atomic mass is 9.95. The van der Waals surface area contributed by atoms with Gasteiger partial charge in [-0.15, -0.1) is 11.3 Å². The monoisotopic (exact) mass is 196 g/mol. The van der Waals surface area contributed by atoms with E-state index in [1.165, 1.54) is 37.8 Å². The molecule has 2 rings (SSSR count). The van der Waals surface area contributed by atoms with E-state index in [-0.39, 0.29) is 0 Å². The van der Waals surface area contributed by atoms with Gasteiger partial charge in [0.1, 0.15) is 0 Å². The van der Waals surface area contributed by atoms with Crippen molar-refractivity contribution in [1.82, 2.24) is 10.3 Å². The molecular formula is C10H16N2S. The molecule has 1 aromatic rings. The number of aromatic nitrogens is 1.